The van der Waals surface area contributed by atoms with Gasteiger partial charge in [-0.15, -0.1) is 0 Å². The molecular formula is C11H15NO6S. The van der Waals surface area contributed by atoms with E-state index < -0.39 is 16.0 Å². The maximum Gasteiger partial charge on any atom is 0.339 e. The predicted octanol–water partition coefficient (Wildman–Crippen LogP) is 0.318. The maximum absolute atomic E-state index is 11.6. The first-order valence-electron chi connectivity index (χ1n) is 5.35. The molecule has 0 saturated carbocycles. The fourth-order valence-corrected chi connectivity index (χ4v) is 2.08. The van der Waals surface area contributed by atoms with Crippen LogP contribution >= 0.6 is 0 Å². The number of carbonyl (C=O) groups is 1. The van der Waals surface area contributed by atoms with E-state index in [0.29, 0.717) is 6.61 Å². The molecule has 0 aliphatic rings. The van der Waals surface area contributed by atoms with Gasteiger partial charge in [0.2, 0.25) is 10.0 Å². The van der Waals surface area contributed by atoms with Crippen molar-refractivity contribution >= 4 is 16.0 Å². The molecule has 8 heteroatoms. The SMILES string of the molecule is CNS(=O)(=O)c1ccc(OCCOC)c(C(=O)O)c1. The maximum atomic E-state index is 11.6. The van der Waals surface area contributed by atoms with E-state index in [1.807, 2.05) is 0 Å². The predicted molar refractivity (Wildman–Crippen MR) is 67.0 cm³/mol. The van der Waals surface area contributed by atoms with Crippen molar-refractivity contribution in [3.8, 4) is 5.75 Å². The van der Waals surface area contributed by atoms with Gasteiger partial charge in [-0.3, -0.25) is 0 Å². The summed E-state index contributed by atoms with van der Waals surface area (Å²) in [5.41, 5.74) is -0.215. The van der Waals surface area contributed by atoms with Gasteiger partial charge in [-0.25, -0.2) is 17.9 Å². The molecule has 0 aliphatic heterocycles. The van der Waals surface area contributed by atoms with Crippen LogP contribution in [0.25, 0.3) is 0 Å². The molecule has 1 aromatic rings. The molecule has 0 unspecified atom stereocenters. The topological polar surface area (TPSA) is 102 Å². The standard InChI is InChI=1S/C11H15NO6S/c1-12-19(15,16)8-3-4-10(18-6-5-17-2)9(7-8)11(13)14/h3-4,7,12H,5-6H2,1-2H3,(H,13,14). The van der Waals surface area contributed by atoms with Crippen LogP contribution in [-0.2, 0) is 14.8 Å². The van der Waals surface area contributed by atoms with E-state index in [0.717, 1.165) is 6.07 Å². The van der Waals surface area contributed by atoms with E-state index in [1.54, 1.807) is 0 Å². The van der Waals surface area contributed by atoms with Gasteiger partial charge in [0.1, 0.15) is 17.9 Å². The zero-order valence-corrected chi connectivity index (χ0v) is 11.4. The number of methoxy groups -OCH3 is 1. The van der Waals surface area contributed by atoms with Crippen molar-refractivity contribution in [3.05, 3.63) is 23.8 Å². The smallest absolute Gasteiger partial charge is 0.339 e. The van der Waals surface area contributed by atoms with Crippen LogP contribution in [0, 0.1) is 0 Å². The molecule has 0 radical (unpaired) electrons. The number of hydrogen-bond acceptors (Lipinski definition) is 5. The van der Waals surface area contributed by atoms with Crippen LogP contribution in [0.1, 0.15) is 10.4 Å². The normalized spacial score (nSPS) is 11.3. The van der Waals surface area contributed by atoms with Gasteiger partial charge in [0.15, 0.2) is 0 Å². The second-order valence-electron chi connectivity index (χ2n) is 3.51. The number of benzene rings is 1. The van der Waals surface area contributed by atoms with Gasteiger partial charge in [0, 0.05) is 7.11 Å². The number of aromatic carboxylic acids is 1. The van der Waals surface area contributed by atoms with Crippen LogP contribution < -0.4 is 9.46 Å². The summed E-state index contributed by atoms with van der Waals surface area (Å²) in [5, 5.41) is 9.06. The third kappa shape index (κ3) is 3.91. The molecule has 0 atom stereocenters. The summed E-state index contributed by atoms with van der Waals surface area (Å²) >= 11 is 0. The van der Waals surface area contributed by atoms with Crippen molar-refractivity contribution in [3.63, 3.8) is 0 Å². The van der Waals surface area contributed by atoms with E-state index in [4.69, 9.17) is 14.6 Å². The Morgan fingerprint density at radius 2 is 2.05 bits per heavy atom. The Bertz CT molecular complexity index is 554. The van der Waals surface area contributed by atoms with E-state index in [1.165, 1.54) is 26.3 Å². The molecule has 0 heterocycles. The minimum absolute atomic E-state index is 0.0969. The van der Waals surface area contributed by atoms with E-state index >= 15 is 0 Å². The molecular weight excluding hydrogens is 274 g/mol. The van der Waals surface area contributed by atoms with E-state index in [9.17, 15) is 13.2 Å². The van der Waals surface area contributed by atoms with Crippen LogP contribution in [0.2, 0.25) is 0 Å². The third-order valence-electron chi connectivity index (χ3n) is 2.31. The van der Waals surface area contributed by atoms with Crippen LogP contribution in [0.5, 0.6) is 5.75 Å². The van der Waals surface area contributed by atoms with Crippen molar-refractivity contribution in [1.29, 1.82) is 0 Å². The fourth-order valence-electron chi connectivity index (χ4n) is 1.32. The second-order valence-corrected chi connectivity index (χ2v) is 5.40. The molecule has 0 aromatic heterocycles. The largest absolute Gasteiger partial charge is 0.490 e. The van der Waals surface area contributed by atoms with E-state index in [2.05, 4.69) is 4.72 Å². The Labute approximate surface area is 111 Å². The first-order chi connectivity index (χ1) is 8.92. The Hall–Kier alpha value is -1.64. The third-order valence-corrected chi connectivity index (χ3v) is 3.72. The highest BCUT2D eigenvalue weighted by molar-refractivity contribution is 7.89. The molecule has 1 aromatic carbocycles. The van der Waals surface area contributed by atoms with Crippen molar-refractivity contribution in [1.82, 2.24) is 4.72 Å². The molecule has 19 heavy (non-hydrogen) atoms. The number of ether oxygens (including phenoxy) is 2. The van der Waals surface area contributed by atoms with Crippen LogP contribution in [0.4, 0.5) is 0 Å². The van der Waals surface area contributed by atoms with E-state index in [-0.39, 0.29) is 22.8 Å². The number of nitrogens with one attached hydrogen (secondary N) is 1. The quantitative estimate of drug-likeness (QED) is 0.701. The van der Waals surface area contributed by atoms with Gasteiger partial charge < -0.3 is 14.6 Å². The van der Waals surface area contributed by atoms with Crippen molar-refractivity contribution in [2.45, 2.75) is 4.90 Å². The highest BCUT2D eigenvalue weighted by Gasteiger charge is 2.18. The fraction of sp³-hybridized carbons (Fsp3) is 0.364. The molecule has 106 valence electrons. The summed E-state index contributed by atoms with van der Waals surface area (Å²) in [4.78, 5) is 11.0. The summed E-state index contributed by atoms with van der Waals surface area (Å²) in [5.74, 6) is -1.17. The molecule has 0 amide bonds. The number of carboxylic acids is 1. The molecule has 1 rings (SSSR count). The van der Waals surface area contributed by atoms with Gasteiger partial charge in [0.25, 0.3) is 0 Å². The lowest BCUT2D eigenvalue weighted by atomic mass is 10.2. The van der Waals surface area contributed by atoms with Gasteiger partial charge in [0.05, 0.1) is 11.5 Å². The van der Waals surface area contributed by atoms with Crippen molar-refractivity contribution < 1.29 is 27.8 Å². The van der Waals surface area contributed by atoms with Crippen LogP contribution in [-0.4, -0.2) is 46.9 Å². The van der Waals surface area contributed by atoms with Crippen LogP contribution in [0.15, 0.2) is 23.1 Å². The van der Waals surface area contributed by atoms with Crippen molar-refractivity contribution in [2.75, 3.05) is 27.4 Å². The lowest BCUT2D eigenvalue weighted by molar-refractivity contribution is 0.0689. The van der Waals surface area contributed by atoms with Gasteiger partial charge in [-0.2, -0.15) is 0 Å². The Morgan fingerprint density at radius 3 is 2.58 bits per heavy atom. The molecule has 0 spiro atoms. The Morgan fingerprint density at radius 1 is 1.37 bits per heavy atom. The zero-order chi connectivity index (χ0) is 14.5. The van der Waals surface area contributed by atoms with Gasteiger partial charge in [-0.05, 0) is 25.2 Å². The molecule has 0 saturated heterocycles. The monoisotopic (exact) mass is 289 g/mol. The summed E-state index contributed by atoms with van der Waals surface area (Å²) in [6.45, 7) is 0.477. The number of hydrogen-bond donors (Lipinski definition) is 2. The molecule has 0 aliphatic carbocycles. The van der Waals surface area contributed by atoms with Gasteiger partial charge in [-0.1, -0.05) is 0 Å². The lowest BCUT2D eigenvalue weighted by Gasteiger charge is -2.10. The summed E-state index contributed by atoms with van der Waals surface area (Å²) in [7, 11) is -0.951. The second kappa shape index (κ2) is 6.50. The molecule has 7 nitrogen and oxygen atoms in total. The first kappa shape index (κ1) is 15.4. The average Bonchev–Trinajstić information content (AvgIpc) is 2.39. The average molecular weight is 289 g/mol. The first-order valence-corrected chi connectivity index (χ1v) is 6.83. The van der Waals surface area contributed by atoms with Crippen LogP contribution in [0.3, 0.4) is 0 Å². The van der Waals surface area contributed by atoms with Crippen molar-refractivity contribution in [2.24, 2.45) is 0 Å². The lowest BCUT2D eigenvalue weighted by Crippen LogP contribution is -2.19. The Kier molecular flexibility index (Phi) is 5.28. The molecule has 2 N–H and O–H groups in total. The van der Waals surface area contributed by atoms with Gasteiger partial charge >= 0.3 is 5.97 Å². The minimum atomic E-state index is -3.69. The molecule has 0 fully saturated rings. The number of sulfonamides is 1. The zero-order valence-electron chi connectivity index (χ0n) is 10.5. The Balaban J connectivity index is 3.12. The minimum Gasteiger partial charge on any atom is -0.490 e. The summed E-state index contributed by atoms with van der Waals surface area (Å²) < 4.78 is 35.3. The highest BCUT2D eigenvalue weighted by Crippen LogP contribution is 2.22. The number of carboxylic acid groups (broad SMARTS) is 1. The summed E-state index contributed by atoms with van der Waals surface area (Å²) in [6.07, 6.45) is 0. The highest BCUT2D eigenvalue weighted by atomic mass is 32.2. The summed E-state index contributed by atoms with van der Waals surface area (Å²) in [6, 6.07) is 3.64. The number of rotatable bonds is 7. The molecule has 0 bridgehead atoms.